The smallest absolute Gasteiger partial charge is 0.326 e. The molecule has 3 aliphatic heterocycles. The molecule has 0 spiro atoms. The van der Waals surface area contributed by atoms with Crippen LogP contribution in [0.15, 0.2) is 0 Å². The third kappa shape index (κ3) is 2.78. The molecular weight excluding hydrogens is 320 g/mol. The van der Waals surface area contributed by atoms with Gasteiger partial charge in [0.05, 0.1) is 24.5 Å². The number of aliphatic hydroxyl groups excluding tert-OH is 1. The van der Waals surface area contributed by atoms with E-state index in [1.54, 1.807) is 6.92 Å². The van der Waals surface area contributed by atoms with Gasteiger partial charge < -0.3 is 19.4 Å². The first kappa shape index (κ1) is 16.8. The highest BCUT2D eigenvalue weighted by molar-refractivity contribution is 5.98. The van der Waals surface area contributed by atoms with Gasteiger partial charge in [-0.1, -0.05) is 6.92 Å². The van der Waals surface area contributed by atoms with Crippen molar-refractivity contribution in [2.45, 2.75) is 63.7 Å². The summed E-state index contributed by atoms with van der Waals surface area (Å²) in [5.41, 5.74) is 0. The van der Waals surface area contributed by atoms with Gasteiger partial charge in [-0.15, -0.1) is 0 Å². The van der Waals surface area contributed by atoms with Crippen LogP contribution in [0.5, 0.6) is 0 Å². The number of nitrogens with zero attached hydrogens (tertiary/aromatic N) is 1. The van der Waals surface area contributed by atoms with Crippen LogP contribution < -0.4 is 5.32 Å². The molecule has 2 bridgehead atoms. The molecule has 132 valence electrons. The molecule has 3 rings (SSSR count). The molecule has 9 nitrogen and oxygen atoms in total. The first-order chi connectivity index (χ1) is 11.3. The van der Waals surface area contributed by atoms with Crippen LogP contribution in [0.1, 0.15) is 33.1 Å². The molecule has 0 aromatic rings. The van der Waals surface area contributed by atoms with Gasteiger partial charge in [0.25, 0.3) is 0 Å². The van der Waals surface area contributed by atoms with Crippen LogP contribution in [-0.2, 0) is 23.9 Å². The van der Waals surface area contributed by atoms with Gasteiger partial charge in [0.1, 0.15) is 18.1 Å². The number of carbonyl (C=O) groups is 4. The molecule has 0 aromatic heterocycles. The molecule has 3 amide bonds. The molecular formula is C15H20N2O7. The molecule has 3 heterocycles. The Labute approximate surface area is 138 Å². The second kappa shape index (κ2) is 6.14. The van der Waals surface area contributed by atoms with Crippen LogP contribution in [0.2, 0.25) is 0 Å². The minimum Gasteiger partial charge on any atom is -0.457 e. The summed E-state index contributed by atoms with van der Waals surface area (Å²) in [4.78, 5) is 48.5. The number of ether oxygens (including phenoxy) is 2. The van der Waals surface area contributed by atoms with Crippen LogP contribution in [0.25, 0.3) is 0 Å². The summed E-state index contributed by atoms with van der Waals surface area (Å²) in [6.07, 6.45) is -3.16. The van der Waals surface area contributed by atoms with E-state index in [4.69, 9.17) is 9.47 Å². The highest BCUT2D eigenvalue weighted by atomic mass is 16.6. The summed E-state index contributed by atoms with van der Waals surface area (Å²) in [5.74, 6) is -1.84. The molecule has 2 N–H and O–H groups in total. The number of esters is 1. The van der Waals surface area contributed by atoms with E-state index in [0.717, 1.165) is 0 Å². The number of Topliss-reactive ketones (excluding diaryl/α,β-unsaturated/α-hetero) is 1. The van der Waals surface area contributed by atoms with Crippen molar-refractivity contribution in [1.29, 1.82) is 0 Å². The van der Waals surface area contributed by atoms with Gasteiger partial charge in [0, 0.05) is 12.8 Å². The van der Waals surface area contributed by atoms with Gasteiger partial charge in [-0.25, -0.2) is 4.79 Å². The summed E-state index contributed by atoms with van der Waals surface area (Å²) >= 11 is 0. The first-order valence-electron chi connectivity index (χ1n) is 7.95. The summed E-state index contributed by atoms with van der Waals surface area (Å²) in [6.45, 7) is 3.00. The summed E-state index contributed by atoms with van der Waals surface area (Å²) in [7, 11) is 0. The highest BCUT2D eigenvalue weighted by Gasteiger charge is 2.59. The van der Waals surface area contributed by atoms with Crippen LogP contribution in [-0.4, -0.2) is 64.3 Å². The zero-order valence-corrected chi connectivity index (χ0v) is 13.4. The predicted molar refractivity (Wildman–Crippen MR) is 77.4 cm³/mol. The van der Waals surface area contributed by atoms with Gasteiger partial charge in [-0.05, 0) is 6.92 Å². The molecule has 0 radical (unpaired) electrons. The van der Waals surface area contributed by atoms with Crippen molar-refractivity contribution in [3.05, 3.63) is 0 Å². The van der Waals surface area contributed by atoms with E-state index in [-0.39, 0.29) is 25.0 Å². The summed E-state index contributed by atoms with van der Waals surface area (Å²) < 4.78 is 11.1. The maximum atomic E-state index is 12.2. The van der Waals surface area contributed by atoms with E-state index < -0.39 is 54.4 Å². The van der Waals surface area contributed by atoms with E-state index in [9.17, 15) is 24.3 Å². The largest absolute Gasteiger partial charge is 0.457 e. The Morgan fingerprint density at radius 1 is 1.38 bits per heavy atom. The maximum Gasteiger partial charge on any atom is 0.326 e. The lowest BCUT2D eigenvalue weighted by atomic mass is 9.88. The predicted octanol–water partition coefficient (Wildman–Crippen LogP) is -0.687. The number of rotatable bonds is 4. The quantitative estimate of drug-likeness (QED) is 0.650. The van der Waals surface area contributed by atoms with Crippen molar-refractivity contribution in [3.8, 4) is 0 Å². The topological polar surface area (TPSA) is 122 Å². The number of fused-ring (bicyclic) bond motifs is 4. The van der Waals surface area contributed by atoms with Crippen LogP contribution >= 0.6 is 0 Å². The van der Waals surface area contributed by atoms with E-state index in [2.05, 4.69) is 5.32 Å². The lowest BCUT2D eigenvalue weighted by Crippen LogP contribution is -2.70. The number of aliphatic hydroxyl groups is 1. The number of hydrogen-bond donors (Lipinski definition) is 2. The SMILES string of the molecule is CC(=O)CCC(=O)O[C@@H]1[C@H]2O[C@H](C[C@@H]2O)N2C(=O)NC(=O)[C@@H](C)[C@@H]12. The minimum absolute atomic E-state index is 0.0472. The molecule has 9 heteroatoms. The molecule has 0 saturated carbocycles. The lowest BCUT2D eigenvalue weighted by molar-refractivity contribution is -0.206. The Hall–Kier alpha value is -2.00. The third-order valence-electron chi connectivity index (χ3n) is 4.77. The van der Waals surface area contributed by atoms with Gasteiger partial charge in [-0.2, -0.15) is 0 Å². The molecule has 0 unspecified atom stereocenters. The van der Waals surface area contributed by atoms with E-state index >= 15 is 0 Å². The lowest BCUT2D eigenvalue weighted by Gasteiger charge is -2.48. The molecule has 6 atom stereocenters. The third-order valence-corrected chi connectivity index (χ3v) is 4.77. The molecule has 0 aromatic carbocycles. The Kier molecular flexibility index (Phi) is 4.31. The Balaban J connectivity index is 1.84. The van der Waals surface area contributed by atoms with Crippen LogP contribution in [0.3, 0.4) is 0 Å². The summed E-state index contributed by atoms with van der Waals surface area (Å²) in [6, 6.07) is -1.32. The second-order valence-corrected chi connectivity index (χ2v) is 6.50. The van der Waals surface area contributed by atoms with E-state index in [0.29, 0.717) is 0 Å². The van der Waals surface area contributed by atoms with Gasteiger partial charge in [0.15, 0.2) is 6.10 Å². The fourth-order valence-electron chi connectivity index (χ4n) is 3.54. The molecule has 3 saturated heterocycles. The Morgan fingerprint density at radius 2 is 2.08 bits per heavy atom. The standard InChI is InChI=1S/C15H20N2O7/c1-6(18)3-4-10(20)24-13-11-7(2)14(21)16-15(22)17(11)9-5-8(19)12(13)23-9/h7-9,11-13,19H,3-5H2,1-2H3,(H,16,21,22)/t7-,8-,9+,11-,12-,13-/m0/s1. The molecule has 3 fully saturated rings. The summed E-state index contributed by atoms with van der Waals surface area (Å²) in [5, 5.41) is 12.4. The van der Waals surface area contributed by atoms with Crippen molar-refractivity contribution in [3.63, 3.8) is 0 Å². The van der Waals surface area contributed by atoms with Crippen molar-refractivity contribution < 1.29 is 33.8 Å². The average molecular weight is 340 g/mol. The Bertz CT molecular complexity index is 592. The zero-order valence-electron chi connectivity index (χ0n) is 13.4. The number of hydrogen-bond acceptors (Lipinski definition) is 7. The number of carbonyl (C=O) groups excluding carboxylic acids is 4. The minimum atomic E-state index is -0.955. The number of urea groups is 1. The normalized spacial score (nSPS) is 37.7. The van der Waals surface area contributed by atoms with Crippen molar-refractivity contribution in [2.24, 2.45) is 5.92 Å². The average Bonchev–Trinajstić information content (AvgIpc) is 2.83. The maximum absolute atomic E-state index is 12.2. The molecule has 24 heavy (non-hydrogen) atoms. The Morgan fingerprint density at radius 3 is 2.75 bits per heavy atom. The molecule has 3 aliphatic rings. The number of nitrogens with one attached hydrogen (secondary N) is 1. The van der Waals surface area contributed by atoms with Crippen LogP contribution in [0.4, 0.5) is 4.79 Å². The fourth-order valence-corrected chi connectivity index (χ4v) is 3.54. The second-order valence-electron chi connectivity index (χ2n) is 6.50. The fraction of sp³-hybridized carbons (Fsp3) is 0.733. The molecule has 0 aliphatic carbocycles. The monoisotopic (exact) mass is 340 g/mol. The number of amides is 3. The van der Waals surface area contributed by atoms with Crippen molar-refractivity contribution in [2.75, 3.05) is 0 Å². The van der Waals surface area contributed by atoms with E-state index in [1.807, 2.05) is 0 Å². The zero-order chi connectivity index (χ0) is 17.6. The van der Waals surface area contributed by atoms with E-state index in [1.165, 1.54) is 11.8 Å². The van der Waals surface area contributed by atoms with Crippen molar-refractivity contribution >= 4 is 23.7 Å². The van der Waals surface area contributed by atoms with Gasteiger partial charge in [0.2, 0.25) is 5.91 Å². The van der Waals surface area contributed by atoms with Crippen molar-refractivity contribution in [1.82, 2.24) is 10.2 Å². The first-order valence-corrected chi connectivity index (χ1v) is 7.95. The highest BCUT2D eigenvalue weighted by Crippen LogP contribution is 2.40. The number of imide groups is 1. The van der Waals surface area contributed by atoms with Gasteiger partial charge in [-0.3, -0.25) is 19.8 Å². The van der Waals surface area contributed by atoms with Gasteiger partial charge >= 0.3 is 12.0 Å². The van der Waals surface area contributed by atoms with Crippen LogP contribution in [0, 0.1) is 5.92 Å². The number of ketones is 1.